The average molecular weight is 101 g/mol. The van der Waals surface area contributed by atoms with Crippen LogP contribution in [0.1, 0.15) is 6.92 Å². The summed E-state index contributed by atoms with van der Waals surface area (Å²) in [6.45, 7) is 2.26. The lowest BCUT2D eigenvalue weighted by atomic mass is 10.6. The van der Waals surface area contributed by atoms with Crippen molar-refractivity contribution < 1.29 is 9.59 Å². The Morgan fingerprint density at radius 1 is 1.86 bits per heavy atom. The van der Waals surface area contributed by atoms with E-state index in [4.69, 9.17) is 0 Å². The van der Waals surface area contributed by atoms with Gasteiger partial charge < -0.3 is 5.32 Å². The summed E-state index contributed by atoms with van der Waals surface area (Å²) in [6, 6.07) is 0. The number of rotatable bonds is 2. The third-order valence-electron chi connectivity index (χ3n) is 0.458. The molecule has 0 rings (SSSR count). The normalized spacial score (nSPS) is 7.57. The average Bonchev–Trinajstić information content (AvgIpc) is 1.68. The second-order valence-corrected chi connectivity index (χ2v) is 1.01. The van der Waals surface area contributed by atoms with Crippen molar-refractivity contribution in [2.45, 2.75) is 6.92 Å². The van der Waals surface area contributed by atoms with Gasteiger partial charge in [0.25, 0.3) is 5.91 Å². The molecule has 7 heavy (non-hydrogen) atoms. The third kappa shape index (κ3) is 2.96. The van der Waals surface area contributed by atoms with E-state index >= 15 is 0 Å². The molecule has 40 valence electrons. The molecule has 0 saturated carbocycles. The van der Waals surface area contributed by atoms with Gasteiger partial charge in [0.1, 0.15) is 0 Å². The highest BCUT2D eigenvalue weighted by Crippen LogP contribution is 1.52. The van der Waals surface area contributed by atoms with Gasteiger partial charge in [0.15, 0.2) is 0 Å². The summed E-state index contributed by atoms with van der Waals surface area (Å²) in [5.41, 5.74) is 0. The molecule has 0 unspecified atom stereocenters. The third-order valence-corrected chi connectivity index (χ3v) is 0.458. The fourth-order valence-corrected chi connectivity index (χ4v) is 0.216. The zero-order valence-corrected chi connectivity index (χ0v) is 4.10. The van der Waals surface area contributed by atoms with Crippen LogP contribution in [0, 0.1) is 0 Å². The van der Waals surface area contributed by atoms with Crippen molar-refractivity contribution in [3.8, 4) is 0 Å². The highest BCUT2D eigenvalue weighted by atomic mass is 16.2. The standard InChI is InChI=1S/C4H7NO2/c1-2-5-4(7)3-6/h3H,2H2,1H3,(H,5,7). The van der Waals surface area contributed by atoms with Crippen molar-refractivity contribution in [2.75, 3.05) is 6.54 Å². The molecule has 0 aliphatic carbocycles. The summed E-state index contributed by atoms with van der Waals surface area (Å²) in [4.78, 5) is 19.4. The fraction of sp³-hybridized carbons (Fsp3) is 0.500. The molecule has 0 aliphatic heterocycles. The molecule has 0 radical (unpaired) electrons. The molecule has 0 spiro atoms. The maximum Gasteiger partial charge on any atom is 0.284 e. The number of hydrogen-bond donors (Lipinski definition) is 1. The quantitative estimate of drug-likeness (QED) is 0.370. The maximum atomic E-state index is 9.93. The van der Waals surface area contributed by atoms with Crippen LogP contribution in [-0.4, -0.2) is 18.7 Å². The predicted molar refractivity (Wildman–Crippen MR) is 24.7 cm³/mol. The minimum Gasteiger partial charge on any atom is -0.350 e. The zero-order valence-electron chi connectivity index (χ0n) is 4.10. The Morgan fingerprint density at radius 3 is 2.57 bits per heavy atom. The highest BCUT2D eigenvalue weighted by Gasteiger charge is 1.88. The summed E-state index contributed by atoms with van der Waals surface area (Å²) in [6.07, 6.45) is 0.253. The van der Waals surface area contributed by atoms with E-state index in [1.54, 1.807) is 6.92 Å². The van der Waals surface area contributed by atoms with Crippen LogP contribution in [0.4, 0.5) is 0 Å². The van der Waals surface area contributed by atoms with Crippen LogP contribution >= 0.6 is 0 Å². The van der Waals surface area contributed by atoms with Gasteiger partial charge in [-0.05, 0) is 6.92 Å². The molecule has 1 N–H and O–H groups in total. The molecule has 0 fully saturated rings. The number of carbonyl (C=O) groups is 2. The van der Waals surface area contributed by atoms with E-state index in [1.807, 2.05) is 0 Å². The zero-order chi connectivity index (χ0) is 5.70. The van der Waals surface area contributed by atoms with Gasteiger partial charge in [-0.25, -0.2) is 0 Å². The van der Waals surface area contributed by atoms with Crippen LogP contribution in [-0.2, 0) is 9.59 Å². The van der Waals surface area contributed by atoms with E-state index in [9.17, 15) is 9.59 Å². The molecular weight excluding hydrogens is 94.0 g/mol. The first-order valence-corrected chi connectivity index (χ1v) is 2.04. The van der Waals surface area contributed by atoms with E-state index in [-0.39, 0.29) is 6.29 Å². The molecule has 0 saturated heterocycles. The predicted octanol–water partition coefficient (Wildman–Crippen LogP) is -0.679. The molecule has 0 aromatic carbocycles. The largest absolute Gasteiger partial charge is 0.350 e. The number of amides is 1. The Kier molecular flexibility index (Phi) is 2.92. The molecule has 1 amide bonds. The number of aldehydes is 1. The molecule has 0 aliphatic rings. The van der Waals surface area contributed by atoms with Crippen molar-refractivity contribution in [1.29, 1.82) is 0 Å². The van der Waals surface area contributed by atoms with E-state index in [2.05, 4.69) is 5.32 Å². The Labute approximate surface area is 41.7 Å². The summed E-state index contributed by atoms with van der Waals surface area (Å²) < 4.78 is 0. The van der Waals surface area contributed by atoms with Crippen molar-refractivity contribution in [1.82, 2.24) is 5.32 Å². The minimum atomic E-state index is -0.553. The van der Waals surface area contributed by atoms with E-state index in [0.717, 1.165) is 0 Å². The van der Waals surface area contributed by atoms with Crippen LogP contribution in [0.3, 0.4) is 0 Å². The van der Waals surface area contributed by atoms with Crippen LogP contribution in [0.25, 0.3) is 0 Å². The monoisotopic (exact) mass is 101 g/mol. The van der Waals surface area contributed by atoms with Gasteiger partial charge in [0, 0.05) is 6.54 Å². The number of hydrogen-bond acceptors (Lipinski definition) is 2. The SMILES string of the molecule is CCNC(=O)C=O. The molecule has 3 nitrogen and oxygen atoms in total. The summed E-state index contributed by atoms with van der Waals surface area (Å²) in [7, 11) is 0. The Balaban J connectivity index is 3.17. The Hall–Kier alpha value is -0.860. The molecule has 0 bridgehead atoms. The van der Waals surface area contributed by atoms with Crippen molar-refractivity contribution in [3.63, 3.8) is 0 Å². The second kappa shape index (κ2) is 3.33. The van der Waals surface area contributed by atoms with Gasteiger partial charge in [-0.15, -0.1) is 0 Å². The lowest BCUT2D eigenvalue weighted by Crippen LogP contribution is -2.23. The van der Waals surface area contributed by atoms with Gasteiger partial charge in [-0.1, -0.05) is 0 Å². The number of nitrogens with one attached hydrogen (secondary N) is 1. The molecule has 0 heterocycles. The summed E-state index contributed by atoms with van der Waals surface area (Å²) in [5, 5.41) is 2.29. The van der Waals surface area contributed by atoms with E-state index in [0.29, 0.717) is 6.54 Å². The number of carbonyl (C=O) groups excluding carboxylic acids is 2. The first-order chi connectivity index (χ1) is 3.31. The summed E-state index contributed by atoms with van der Waals surface area (Å²) >= 11 is 0. The molecule has 3 heteroatoms. The van der Waals surface area contributed by atoms with E-state index in [1.165, 1.54) is 0 Å². The lowest BCUT2D eigenvalue weighted by Gasteiger charge is -1.87. The first kappa shape index (κ1) is 6.14. The Bertz CT molecular complexity index is 79.8. The van der Waals surface area contributed by atoms with Crippen LogP contribution in [0.15, 0.2) is 0 Å². The second-order valence-electron chi connectivity index (χ2n) is 1.01. The van der Waals surface area contributed by atoms with E-state index < -0.39 is 5.91 Å². The van der Waals surface area contributed by atoms with Gasteiger partial charge in [0.2, 0.25) is 6.29 Å². The van der Waals surface area contributed by atoms with Gasteiger partial charge in [0.05, 0.1) is 0 Å². The van der Waals surface area contributed by atoms with Gasteiger partial charge >= 0.3 is 0 Å². The lowest BCUT2D eigenvalue weighted by molar-refractivity contribution is -0.131. The first-order valence-electron chi connectivity index (χ1n) is 2.04. The minimum absolute atomic E-state index is 0.253. The van der Waals surface area contributed by atoms with Gasteiger partial charge in [-0.2, -0.15) is 0 Å². The molecule has 0 aromatic heterocycles. The van der Waals surface area contributed by atoms with Crippen molar-refractivity contribution >= 4 is 12.2 Å². The topological polar surface area (TPSA) is 46.2 Å². The molecule has 0 aromatic rings. The fourth-order valence-electron chi connectivity index (χ4n) is 0.216. The molecule has 0 atom stereocenters. The van der Waals surface area contributed by atoms with Crippen LogP contribution < -0.4 is 5.32 Å². The van der Waals surface area contributed by atoms with Crippen molar-refractivity contribution in [3.05, 3.63) is 0 Å². The smallest absolute Gasteiger partial charge is 0.284 e. The van der Waals surface area contributed by atoms with Crippen molar-refractivity contribution in [2.24, 2.45) is 0 Å². The Morgan fingerprint density at radius 2 is 2.43 bits per heavy atom. The van der Waals surface area contributed by atoms with Crippen LogP contribution in [0.2, 0.25) is 0 Å². The van der Waals surface area contributed by atoms with Crippen LogP contribution in [0.5, 0.6) is 0 Å². The summed E-state index contributed by atoms with van der Waals surface area (Å²) in [5.74, 6) is -0.553. The number of likely N-dealkylation sites (N-methyl/N-ethyl adjacent to an activating group) is 1. The maximum absolute atomic E-state index is 9.93. The molecular formula is C4H7NO2. The van der Waals surface area contributed by atoms with Gasteiger partial charge in [-0.3, -0.25) is 9.59 Å². The highest BCUT2D eigenvalue weighted by molar-refractivity contribution is 6.23.